The van der Waals surface area contributed by atoms with E-state index in [2.05, 4.69) is 59.5 Å². The number of aryl methyl sites for hydroxylation is 1. The Kier molecular flexibility index (Phi) is 18.5. The molecule has 0 bridgehead atoms. The number of ether oxygens (including phenoxy) is 3. The highest BCUT2D eigenvalue weighted by Gasteiger charge is 2.28. The lowest BCUT2D eigenvalue weighted by Gasteiger charge is -2.27. The summed E-state index contributed by atoms with van der Waals surface area (Å²) in [5.74, 6) is -0.0109. The SMILES string of the molecule is C=CC(=O)OCCCCCCCCCCCOC1CCC(C(=O)Oc2ccc(NNc3ccc(NNc4ccc(CCCC)cc4)cc3)cc2)CC1. The molecule has 0 aromatic heterocycles. The number of hydrogen-bond donors (Lipinski definition) is 4. The minimum absolute atomic E-state index is 0.0785. The molecule has 0 saturated heterocycles. The van der Waals surface area contributed by atoms with Crippen molar-refractivity contribution in [1.29, 1.82) is 0 Å². The quantitative estimate of drug-likeness (QED) is 0.0224. The molecule has 3 aromatic carbocycles. The second kappa shape index (κ2) is 23.9. The zero-order valence-electron chi connectivity index (χ0n) is 31.1. The van der Waals surface area contributed by atoms with E-state index in [9.17, 15) is 9.59 Å². The largest absolute Gasteiger partial charge is 0.463 e. The summed E-state index contributed by atoms with van der Waals surface area (Å²) in [6.45, 7) is 6.91. The van der Waals surface area contributed by atoms with Crippen molar-refractivity contribution >= 4 is 34.7 Å². The molecule has 0 unspecified atom stereocenters. The van der Waals surface area contributed by atoms with Gasteiger partial charge in [-0.1, -0.05) is 77.0 Å². The van der Waals surface area contributed by atoms with Crippen LogP contribution >= 0.6 is 0 Å². The topological polar surface area (TPSA) is 110 Å². The number of unbranched alkanes of at least 4 members (excludes halogenated alkanes) is 9. The van der Waals surface area contributed by atoms with Crippen LogP contribution in [0.2, 0.25) is 0 Å². The van der Waals surface area contributed by atoms with Gasteiger partial charge in [0.05, 0.1) is 41.4 Å². The molecular formula is C43H60N4O5. The van der Waals surface area contributed by atoms with Gasteiger partial charge >= 0.3 is 11.9 Å². The maximum atomic E-state index is 12.9. The fraction of sp³-hybridized carbons (Fsp3) is 0.488. The lowest BCUT2D eigenvalue weighted by atomic mass is 9.87. The number of esters is 2. The molecule has 9 nitrogen and oxygen atoms in total. The Hall–Kier alpha value is -4.50. The second-order valence-electron chi connectivity index (χ2n) is 13.7. The number of benzene rings is 3. The number of carbonyl (C=O) groups is 2. The molecule has 0 spiro atoms. The maximum absolute atomic E-state index is 12.9. The molecule has 1 saturated carbocycles. The average Bonchev–Trinajstić information content (AvgIpc) is 3.18. The van der Waals surface area contributed by atoms with E-state index in [0.717, 1.165) is 80.7 Å². The van der Waals surface area contributed by atoms with Crippen LogP contribution in [0, 0.1) is 5.92 Å². The summed E-state index contributed by atoms with van der Waals surface area (Å²) in [4.78, 5) is 23.9. The molecular weight excluding hydrogens is 652 g/mol. The first kappa shape index (κ1) is 40.3. The number of nitrogens with one attached hydrogen (secondary N) is 4. The van der Waals surface area contributed by atoms with Gasteiger partial charge in [0.2, 0.25) is 0 Å². The fourth-order valence-electron chi connectivity index (χ4n) is 6.26. The van der Waals surface area contributed by atoms with Crippen LogP contribution in [-0.4, -0.2) is 31.3 Å². The summed E-state index contributed by atoms with van der Waals surface area (Å²) in [5, 5.41) is 0. The Balaban J connectivity index is 1.01. The van der Waals surface area contributed by atoms with E-state index >= 15 is 0 Å². The van der Waals surface area contributed by atoms with Gasteiger partial charge in [-0.15, -0.1) is 0 Å². The predicted octanol–water partition coefficient (Wildman–Crippen LogP) is 10.6. The maximum Gasteiger partial charge on any atom is 0.330 e. The van der Waals surface area contributed by atoms with Crippen LogP contribution in [0.4, 0.5) is 22.7 Å². The van der Waals surface area contributed by atoms with Gasteiger partial charge in [-0.2, -0.15) is 0 Å². The van der Waals surface area contributed by atoms with E-state index in [1.165, 1.54) is 63.0 Å². The van der Waals surface area contributed by atoms with Crippen LogP contribution in [0.5, 0.6) is 5.75 Å². The molecule has 4 rings (SSSR count). The molecule has 1 aliphatic carbocycles. The smallest absolute Gasteiger partial charge is 0.330 e. The van der Waals surface area contributed by atoms with Crippen molar-refractivity contribution in [3.05, 3.63) is 91.0 Å². The van der Waals surface area contributed by atoms with Crippen molar-refractivity contribution < 1.29 is 23.8 Å². The predicted molar refractivity (Wildman–Crippen MR) is 212 cm³/mol. The van der Waals surface area contributed by atoms with E-state index in [1.54, 1.807) is 0 Å². The van der Waals surface area contributed by atoms with Crippen molar-refractivity contribution in [3.8, 4) is 5.75 Å². The Morgan fingerprint density at radius 3 is 1.60 bits per heavy atom. The van der Waals surface area contributed by atoms with E-state index in [-0.39, 0.29) is 24.0 Å². The van der Waals surface area contributed by atoms with E-state index in [1.807, 2.05) is 48.5 Å². The van der Waals surface area contributed by atoms with E-state index in [4.69, 9.17) is 14.2 Å². The average molecular weight is 713 g/mol. The molecule has 0 radical (unpaired) electrons. The van der Waals surface area contributed by atoms with Crippen LogP contribution in [0.1, 0.15) is 109 Å². The number of hydrogen-bond acceptors (Lipinski definition) is 9. The lowest BCUT2D eigenvalue weighted by molar-refractivity contribution is -0.141. The van der Waals surface area contributed by atoms with Crippen molar-refractivity contribution in [2.24, 2.45) is 5.92 Å². The number of hydrazine groups is 2. The first-order valence-electron chi connectivity index (χ1n) is 19.5. The molecule has 3 aromatic rings. The van der Waals surface area contributed by atoms with Gasteiger partial charge in [0, 0.05) is 12.7 Å². The molecule has 0 amide bonds. The van der Waals surface area contributed by atoms with Gasteiger partial charge in [-0.05, 0) is 118 Å². The first-order chi connectivity index (χ1) is 25.5. The van der Waals surface area contributed by atoms with E-state index < -0.39 is 0 Å². The monoisotopic (exact) mass is 712 g/mol. The Labute approximate surface area is 311 Å². The highest BCUT2D eigenvalue weighted by atomic mass is 16.5. The third-order valence-electron chi connectivity index (χ3n) is 9.49. The first-order valence-corrected chi connectivity index (χ1v) is 19.5. The molecule has 0 aliphatic heterocycles. The number of anilines is 4. The summed E-state index contributed by atoms with van der Waals surface area (Å²) < 4.78 is 16.9. The normalized spacial score (nSPS) is 15.3. The van der Waals surface area contributed by atoms with Crippen LogP contribution in [-0.2, 0) is 25.5 Å². The third-order valence-corrected chi connectivity index (χ3v) is 9.49. The molecule has 1 fully saturated rings. The van der Waals surface area contributed by atoms with Crippen LogP contribution in [0.15, 0.2) is 85.5 Å². The van der Waals surface area contributed by atoms with E-state index in [0.29, 0.717) is 12.4 Å². The van der Waals surface area contributed by atoms with Gasteiger partial charge in [-0.3, -0.25) is 4.79 Å². The summed E-state index contributed by atoms with van der Waals surface area (Å²) >= 11 is 0. The summed E-state index contributed by atoms with van der Waals surface area (Å²) in [6.07, 6.45) is 18.9. The van der Waals surface area contributed by atoms with Gasteiger partial charge in [-0.25, -0.2) is 4.79 Å². The highest BCUT2D eigenvalue weighted by Crippen LogP contribution is 2.29. The van der Waals surface area contributed by atoms with Crippen LogP contribution in [0.3, 0.4) is 0 Å². The molecule has 4 N–H and O–H groups in total. The molecule has 1 aliphatic rings. The molecule has 9 heteroatoms. The van der Waals surface area contributed by atoms with Crippen LogP contribution < -0.4 is 26.4 Å². The Bertz CT molecular complexity index is 1440. The van der Waals surface area contributed by atoms with Crippen molar-refractivity contribution in [2.75, 3.05) is 34.9 Å². The fourth-order valence-corrected chi connectivity index (χ4v) is 6.26. The summed E-state index contributed by atoms with van der Waals surface area (Å²) in [6, 6.07) is 23.9. The zero-order chi connectivity index (χ0) is 36.6. The molecule has 52 heavy (non-hydrogen) atoms. The lowest BCUT2D eigenvalue weighted by Crippen LogP contribution is -2.29. The Morgan fingerprint density at radius 1 is 0.635 bits per heavy atom. The number of rotatable bonds is 25. The zero-order valence-corrected chi connectivity index (χ0v) is 31.1. The molecule has 0 atom stereocenters. The Morgan fingerprint density at radius 2 is 1.10 bits per heavy atom. The minimum atomic E-state index is -0.335. The molecule has 0 heterocycles. The van der Waals surface area contributed by atoms with Gasteiger partial charge < -0.3 is 35.9 Å². The summed E-state index contributed by atoms with van der Waals surface area (Å²) in [5.41, 5.74) is 18.0. The third kappa shape index (κ3) is 15.8. The van der Waals surface area contributed by atoms with Gasteiger partial charge in [0.25, 0.3) is 0 Å². The summed E-state index contributed by atoms with van der Waals surface area (Å²) in [7, 11) is 0. The van der Waals surface area contributed by atoms with Gasteiger partial charge in [0.1, 0.15) is 5.75 Å². The van der Waals surface area contributed by atoms with Crippen molar-refractivity contribution in [2.45, 2.75) is 116 Å². The highest BCUT2D eigenvalue weighted by molar-refractivity contribution is 5.81. The number of carbonyl (C=O) groups excluding carboxylic acids is 2. The van der Waals surface area contributed by atoms with Gasteiger partial charge in [0.15, 0.2) is 0 Å². The minimum Gasteiger partial charge on any atom is -0.463 e. The van der Waals surface area contributed by atoms with Crippen molar-refractivity contribution in [3.63, 3.8) is 0 Å². The van der Waals surface area contributed by atoms with Crippen LogP contribution in [0.25, 0.3) is 0 Å². The second-order valence-corrected chi connectivity index (χ2v) is 13.7. The van der Waals surface area contributed by atoms with Crippen molar-refractivity contribution in [1.82, 2.24) is 0 Å². The standard InChI is InChI=1S/C43H60N4O5/c1-3-5-15-34-16-20-36(21-17-34)44-45-37-22-24-38(25-23-37)46-47-39-26-30-41(31-27-39)52-43(49)35-18-28-40(29-19-35)50-32-13-11-9-7-6-8-10-12-14-33-51-42(48)4-2/h4,16-17,20-27,30-31,35,40,44-47H,2-3,5-15,18-19,28-29,32-33H2,1H3. The molecule has 282 valence electrons.